The van der Waals surface area contributed by atoms with Crippen LogP contribution in [0.5, 0.6) is 0 Å². The van der Waals surface area contributed by atoms with E-state index in [1.807, 2.05) is 6.07 Å². The van der Waals surface area contributed by atoms with Gasteiger partial charge in [0.2, 0.25) is 0 Å². The van der Waals surface area contributed by atoms with E-state index in [9.17, 15) is 4.39 Å². The average Bonchev–Trinajstić information content (AvgIpc) is 2.32. The van der Waals surface area contributed by atoms with Crippen LogP contribution in [0, 0.1) is 17.7 Å². The molecule has 2 fully saturated rings. The fraction of sp³-hybridized carbons (Fsp3) is 0.625. The number of hydrogen-bond acceptors (Lipinski definition) is 0. The maximum Gasteiger partial charge on any atom is 0.142 e. The summed E-state index contributed by atoms with van der Waals surface area (Å²) in [4.78, 5) is 0. The molecule has 0 aliphatic heterocycles. The summed E-state index contributed by atoms with van der Waals surface area (Å²) in [5.74, 6) is 2.24. The SMILES string of the molecule is Fc1cc(C2CCC(C3CCC3)CC2)ccc1Cl. The van der Waals surface area contributed by atoms with E-state index in [2.05, 4.69) is 0 Å². The summed E-state index contributed by atoms with van der Waals surface area (Å²) < 4.78 is 13.5. The minimum atomic E-state index is -0.268. The van der Waals surface area contributed by atoms with Gasteiger partial charge in [-0.05, 0) is 61.1 Å². The lowest BCUT2D eigenvalue weighted by atomic mass is 9.67. The summed E-state index contributed by atoms with van der Waals surface area (Å²) in [5, 5.41) is 0.238. The lowest BCUT2D eigenvalue weighted by Crippen LogP contribution is -2.25. The van der Waals surface area contributed by atoms with Gasteiger partial charge in [-0.3, -0.25) is 0 Å². The highest BCUT2D eigenvalue weighted by Gasteiger charge is 2.31. The Morgan fingerprint density at radius 3 is 2.17 bits per heavy atom. The van der Waals surface area contributed by atoms with E-state index < -0.39 is 0 Å². The average molecular weight is 267 g/mol. The summed E-state index contributed by atoms with van der Waals surface area (Å²) in [6.45, 7) is 0. The Hall–Kier alpha value is -0.560. The van der Waals surface area contributed by atoms with Gasteiger partial charge in [0.15, 0.2) is 0 Å². The summed E-state index contributed by atoms with van der Waals surface area (Å²) in [6, 6.07) is 5.33. The van der Waals surface area contributed by atoms with Crippen LogP contribution in [0.25, 0.3) is 0 Å². The van der Waals surface area contributed by atoms with Crippen molar-refractivity contribution in [2.24, 2.45) is 11.8 Å². The third-order valence-corrected chi connectivity index (χ3v) is 5.31. The molecule has 2 aliphatic carbocycles. The highest BCUT2D eigenvalue weighted by molar-refractivity contribution is 6.30. The lowest BCUT2D eigenvalue weighted by Gasteiger charge is -2.38. The maximum absolute atomic E-state index is 13.5. The third-order valence-electron chi connectivity index (χ3n) is 5.00. The number of benzene rings is 1. The quantitative estimate of drug-likeness (QED) is 0.658. The fourth-order valence-electron chi connectivity index (χ4n) is 3.60. The molecular formula is C16H20ClF. The van der Waals surface area contributed by atoms with E-state index in [-0.39, 0.29) is 10.8 Å². The van der Waals surface area contributed by atoms with Crippen LogP contribution in [0.4, 0.5) is 4.39 Å². The van der Waals surface area contributed by atoms with E-state index in [0.29, 0.717) is 5.92 Å². The second-order valence-electron chi connectivity index (χ2n) is 5.98. The first-order chi connectivity index (χ1) is 8.74. The topological polar surface area (TPSA) is 0 Å². The van der Waals surface area contributed by atoms with Gasteiger partial charge in [0.25, 0.3) is 0 Å². The molecular weight excluding hydrogens is 247 g/mol. The molecule has 0 radical (unpaired) electrons. The van der Waals surface area contributed by atoms with E-state index in [1.165, 1.54) is 44.9 Å². The molecule has 0 bridgehead atoms. The van der Waals surface area contributed by atoms with Crippen LogP contribution < -0.4 is 0 Å². The van der Waals surface area contributed by atoms with Crippen LogP contribution >= 0.6 is 11.6 Å². The molecule has 0 amide bonds. The van der Waals surface area contributed by atoms with Crippen molar-refractivity contribution >= 4 is 11.6 Å². The number of hydrogen-bond donors (Lipinski definition) is 0. The summed E-state index contributed by atoms with van der Waals surface area (Å²) in [6.07, 6.45) is 9.45. The Bertz CT molecular complexity index is 417. The molecule has 3 rings (SSSR count). The predicted octanol–water partition coefficient (Wildman–Crippen LogP) is 5.55. The predicted molar refractivity (Wildman–Crippen MR) is 73.5 cm³/mol. The minimum absolute atomic E-state index is 0.238. The Morgan fingerprint density at radius 2 is 1.61 bits per heavy atom. The molecule has 0 N–H and O–H groups in total. The zero-order valence-electron chi connectivity index (χ0n) is 10.7. The van der Waals surface area contributed by atoms with Crippen LogP contribution in [0.1, 0.15) is 56.4 Å². The van der Waals surface area contributed by atoms with Crippen molar-refractivity contribution in [3.8, 4) is 0 Å². The van der Waals surface area contributed by atoms with Gasteiger partial charge in [0, 0.05) is 0 Å². The van der Waals surface area contributed by atoms with E-state index in [0.717, 1.165) is 17.4 Å². The van der Waals surface area contributed by atoms with Gasteiger partial charge in [-0.15, -0.1) is 0 Å². The van der Waals surface area contributed by atoms with Crippen molar-refractivity contribution in [1.29, 1.82) is 0 Å². The van der Waals surface area contributed by atoms with Gasteiger partial charge in [0.05, 0.1) is 5.02 Å². The molecule has 2 saturated carbocycles. The molecule has 0 heterocycles. The minimum Gasteiger partial charge on any atom is -0.205 e. The Labute approximate surface area is 114 Å². The molecule has 98 valence electrons. The van der Waals surface area contributed by atoms with Crippen LogP contribution in [0.15, 0.2) is 18.2 Å². The molecule has 0 nitrogen and oxygen atoms in total. The lowest BCUT2D eigenvalue weighted by molar-refractivity contribution is 0.154. The summed E-state index contributed by atoms with van der Waals surface area (Å²) in [5.41, 5.74) is 1.14. The molecule has 1 aromatic carbocycles. The van der Waals surface area contributed by atoms with Crippen LogP contribution in [-0.4, -0.2) is 0 Å². The van der Waals surface area contributed by atoms with Crippen molar-refractivity contribution in [3.63, 3.8) is 0 Å². The van der Waals surface area contributed by atoms with Crippen molar-refractivity contribution < 1.29 is 4.39 Å². The first kappa shape index (κ1) is 12.5. The van der Waals surface area contributed by atoms with Gasteiger partial charge >= 0.3 is 0 Å². The molecule has 0 saturated heterocycles. The number of rotatable bonds is 2. The van der Waals surface area contributed by atoms with Crippen molar-refractivity contribution in [2.75, 3.05) is 0 Å². The highest BCUT2D eigenvalue weighted by Crippen LogP contribution is 2.44. The van der Waals surface area contributed by atoms with Crippen molar-refractivity contribution in [3.05, 3.63) is 34.6 Å². The van der Waals surface area contributed by atoms with Crippen LogP contribution in [-0.2, 0) is 0 Å². The van der Waals surface area contributed by atoms with Gasteiger partial charge in [-0.2, -0.15) is 0 Å². The number of halogens is 2. The Morgan fingerprint density at radius 1 is 0.944 bits per heavy atom. The zero-order chi connectivity index (χ0) is 12.5. The van der Waals surface area contributed by atoms with Crippen molar-refractivity contribution in [2.45, 2.75) is 50.9 Å². The van der Waals surface area contributed by atoms with Crippen LogP contribution in [0.2, 0.25) is 5.02 Å². The molecule has 1 aromatic rings. The van der Waals surface area contributed by atoms with E-state index >= 15 is 0 Å². The van der Waals surface area contributed by atoms with Gasteiger partial charge < -0.3 is 0 Å². The second-order valence-corrected chi connectivity index (χ2v) is 6.38. The smallest absolute Gasteiger partial charge is 0.142 e. The maximum atomic E-state index is 13.5. The normalized spacial score (nSPS) is 29.0. The summed E-state index contributed by atoms with van der Waals surface area (Å²) in [7, 11) is 0. The summed E-state index contributed by atoms with van der Waals surface area (Å²) >= 11 is 5.74. The third kappa shape index (κ3) is 2.42. The second kappa shape index (κ2) is 5.21. The molecule has 2 heteroatoms. The van der Waals surface area contributed by atoms with Gasteiger partial charge in [-0.25, -0.2) is 4.39 Å². The first-order valence-electron chi connectivity index (χ1n) is 7.19. The Balaban J connectivity index is 1.62. The van der Waals surface area contributed by atoms with E-state index in [4.69, 9.17) is 11.6 Å². The van der Waals surface area contributed by atoms with Gasteiger partial charge in [0.1, 0.15) is 5.82 Å². The van der Waals surface area contributed by atoms with Crippen molar-refractivity contribution in [1.82, 2.24) is 0 Å². The monoisotopic (exact) mass is 266 g/mol. The molecule has 0 spiro atoms. The molecule has 0 unspecified atom stereocenters. The van der Waals surface area contributed by atoms with E-state index in [1.54, 1.807) is 12.1 Å². The highest BCUT2D eigenvalue weighted by atomic mass is 35.5. The first-order valence-corrected chi connectivity index (χ1v) is 7.57. The Kier molecular flexibility index (Phi) is 3.61. The molecule has 2 aliphatic rings. The standard InChI is InChI=1S/C16H20ClF/c17-15-9-8-14(10-16(15)18)13-6-4-12(5-7-13)11-2-1-3-11/h8-13H,1-7H2. The fourth-order valence-corrected chi connectivity index (χ4v) is 3.72. The molecule has 0 atom stereocenters. The zero-order valence-corrected chi connectivity index (χ0v) is 11.4. The largest absolute Gasteiger partial charge is 0.205 e. The van der Waals surface area contributed by atoms with Gasteiger partial charge in [-0.1, -0.05) is 36.9 Å². The van der Waals surface area contributed by atoms with Crippen LogP contribution in [0.3, 0.4) is 0 Å². The molecule has 0 aromatic heterocycles. The molecule has 18 heavy (non-hydrogen) atoms.